The summed E-state index contributed by atoms with van der Waals surface area (Å²) in [7, 11) is 0. The minimum absolute atomic E-state index is 0.279. The van der Waals surface area contributed by atoms with Gasteiger partial charge in [0, 0.05) is 27.3 Å². The molecule has 2 heterocycles. The summed E-state index contributed by atoms with van der Waals surface area (Å²) in [5.41, 5.74) is 1.84. The van der Waals surface area contributed by atoms with E-state index >= 15 is 0 Å². The summed E-state index contributed by atoms with van der Waals surface area (Å²) in [6, 6.07) is 9.88. The van der Waals surface area contributed by atoms with Gasteiger partial charge < -0.3 is 10.1 Å². The van der Waals surface area contributed by atoms with Crippen molar-refractivity contribution < 1.29 is 9.53 Å². The quantitative estimate of drug-likeness (QED) is 0.752. The lowest BCUT2D eigenvalue weighted by Crippen LogP contribution is -2.23. The Hall–Kier alpha value is -1.05. The standard InChI is InChI=1S/C14H12Br2N2O2S/c15-12-7-11(21-13(12)16)8-17-9-2-1-3-10(6-9)18-4-5-20-14(18)19/h1-3,6-7,17H,4-5,8H2. The molecule has 0 spiro atoms. The SMILES string of the molecule is O=C1OCCN1c1cccc(NCc2cc(Br)c(Br)s2)c1. The molecule has 1 aromatic heterocycles. The van der Waals surface area contributed by atoms with Gasteiger partial charge in [0.25, 0.3) is 0 Å². The van der Waals surface area contributed by atoms with Crippen LogP contribution in [0.4, 0.5) is 16.2 Å². The fraction of sp³-hybridized carbons (Fsp3) is 0.214. The zero-order valence-corrected chi connectivity index (χ0v) is 14.9. The van der Waals surface area contributed by atoms with Crippen LogP contribution < -0.4 is 10.2 Å². The lowest BCUT2D eigenvalue weighted by atomic mass is 10.2. The Morgan fingerprint density at radius 3 is 2.86 bits per heavy atom. The van der Waals surface area contributed by atoms with Gasteiger partial charge in [-0.3, -0.25) is 4.90 Å². The first-order chi connectivity index (χ1) is 10.1. The fourth-order valence-electron chi connectivity index (χ4n) is 2.08. The first kappa shape index (κ1) is 14.9. The van der Waals surface area contributed by atoms with Crippen LogP contribution >= 0.6 is 43.2 Å². The molecule has 1 N–H and O–H groups in total. The molecule has 21 heavy (non-hydrogen) atoms. The fourth-order valence-corrected chi connectivity index (χ4v) is 4.20. The van der Waals surface area contributed by atoms with E-state index in [1.165, 1.54) is 4.88 Å². The number of nitrogens with zero attached hydrogens (tertiary/aromatic N) is 1. The van der Waals surface area contributed by atoms with E-state index in [9.17, 15) is 4.79 Å². The summed E-state index contributed by atoms with van der Waals surface area (Å²) in [6.45, 7) is 1.80. The molecule has 0 saturated carbocycles. The maximum absolute atomic E-state index is 11.6. The third-order valence-electron chi connectivity index (χ3n) is 3.08. The lowest BCUT2D eigenvalue weighted by molar-refractivity contribution is 0.181. The van der Waals surface area contributed by atoms with Gasteiger partial charge in [-0.1, -0.05) is 6.07 Å². The van der Waals surface area contributed by atoms with E-state index in [0.717, 1.165) is 26.2 Å². The van der Waals surface area contributed by atoms with Gasteiger partial charge in [0.05, 0.1) is 10.3 Å². The predicted octanol–water partition coefficient (Wildman–Crippen LogP) is 4.84. The molecule has 1 aliphatic heterocycles. The third-order valence-corrected chi connectivity index (χ3v) is 6.34. The molecule has 3 rings (SSSR count). The number of halogens is 2. The third kappa shape index (κ3) is 3.41. The van der Waals surface area contributed by atoms with Crippen molar-refractivity contribution in [3.8, 4) is 0 Å². The Morgan fingerprint density at radius 2 is 2.19 bits per heavy atom. The first-order valence-corrected chi connectivity index (χ1v) is 8.75. The molecule has 1 amide bonds. The predicted molar refractivity (Wildman–Crippen MR) is 92.2 cm³/mol. The van der Waals surface area contributed by atoms with E-state index in [1.807, 2.05) is 24.3 Å². The molecule has 0 aliphatic carbocycles. The highest BCUT2D eigenvalue weighted by Crippen LogP contribution is 2.33. The second-order valence-electron chi connectivity index (χ2n) is 4.50. The minimum atomic E-state index is -0.279. The van der Waals surface area contributed by atoms with Crippen molar-refractivity contribution in [2.45, 2.75) is 6.54 Å². The van der Waals surface area contributed by atoms with Gasteiger partial charge in [0.1, 0.15) is 6.61 Å². The van der Waals surface area contributed by atoms with Crippen molar-refractivity contribution in [2.75, 3.05) is 23.4 Å². The zero-order valence-electron chi connectivity index (χ0n) is 10.9. The number of thiophene rings is 1. The monoisotopic (exact) mass is 430 g/mol. The molecule has 7 heteroatoms. The summed E-state index contributed by atoms with van der Waals surface area (Å²) in [6.07, 6.45) is -0.279. The molecule has 0 bridgehead atoms. The number of hydrogen-bond donors (Lipinski definition) is 1. The topological polar surface area (TPSA) is 41.6 Å². The molecule has 0 unspecified atom stereocenters. The molecule has 1 fully saturated rings. The Kier molecular flexibility index (Phi) is 4.51. The molecule has 0 radical (unpaired) electrons. The van der Waals surface area contributed by atoms with Crippen LogP contribution in [0.15, 0.2) is 38.6 Å². The van der Waals surface area contributed by atoms with Gasteiger partial charge in [-0.15, -0.1) is 11.3 Å². The summed E-state index contributed by atoms with van der Waals surface area (Å²) in [4.78, 5) is 14.4. The van der Waals surface area contributed by atoms with Gasteiger partial charge in [0.2, 0.25) is 0 Å². The van der Waals surface area contributed by atoms with Crippen LogP contribution in [-0.4, -0.2) is 19.2 Å². The minimum Gasteiger partial charge on any atom is -0.447 e. The van der Waals surface area contributed by atoms with E-state index in [-0.39, 0.29) is 6.09 Å². The second-order valence-corrected chi connectivity index (χ2v) is 7.81. The summed E-state index contributed by atoms with van der Waals surface area (Å²) in [5.74, 6) is 0. The molecule has 0 atom stereocenters. The second kappa shape index (κ2) is 6.37. The summed E-state index contributed by atoms with van der Waals surface area (Å²) >= 11 is 8.66. The normalized spacial score (nSPS) is 14.4. The molecular formula is C14H12Br2N2O2S. The van der Waals surface area contributed by atoms with Crippen molar-refractivity contribution in [3.05, 3.63) is 43.5 Å². The van der Waals surface area contributed by atoms with Gasteiger partial charge in [-0.2, -0.15) is 0 Å². The van der Waals surface area contributed by atoms with Gasteiger partial charge >= 0.3 is 6.09 Å². The lowest BCUT2D eigenvalue weighted by Gasteiger charge is -2.14. The zero-order chi connectivity index (χ0) is 14.8. The maximum Gasteiger partial charge on any atom is 0.414 e. The Labute approximate surface area is 143 Å². The highest BCUT2D eigenvalue weighted by molar-refractivity contribution is 9.13. The summed E-state index contributed by atoms with van der Waals surface area (Å²) < 4.78 is 7.12. The maximum atomic E-state index is 11.6. The van der Waals surface area contributed by atoms with Crippen LogP contribution in [0.5, 0.6) is 0 Å². The van der Waals surface area contributed by atoms with Crippen LogP contribution in [0, 0.1) is 0 Å². The van der Waals surface area contributed by atoms with E-state index in [0.29, 0.717) is 13.2 Å². The number of benzene rings is 1. The Morgan fingerprint density at radius 1 is 1.33 bits per heavy atom. The van der Waals surface area contributed by atoms with E-state index in [2.05, 4.69) is 43.2 Å². The van der Waals surface area contributed by atoms with Crippen molar-refractivity contribution in [1.29, 1.82) is 0 Å². The molecule has 110 valence electrons. The van der Waals surface area contributed by atoms with Crippen LogP contribution in [0.3, 0.4) is 0 Å². The number of carbonyl (C=O) groups excluding carboxylic acids is 1. The number of carbonyl (C=O) groups is 1. The molecule has 1 aliphatic rings. The summed E-state index contributed by atoms with van der Waals surface area (Å²) in [5, 5.41) is 3.37. The number of amides is 1. The highest BCUT2D eigenvalue weighted by atomic mass is 79.9. The van der Waals surface area contributed by atoms with Crippen LogP contribution in [-0.2, 0) is 11.3 Å². The number of hydrogen-bond acceptors (Lipinski definition) is 4. The smallest absolute Gasteiger partial charge is 0.414 e. The number of nitrogens with one attached hydrogen (secondary N) is 1. The number of cyclic esters (lactones) is 1. The number of anilines is 2. The van der Waals surface area contributed by atoms with Crippen molar-refractivity contribution in [2.24, 2.45) is 0 Å². The van der Waals surface area contributed by atoms with Crippen LogP contribution in [0.25, 0.3) is 0 Å². The van der Waals surface area contributed by atoms with Gasteiger partial charge in [-0.25, -0.2) is 4.79 Å². The van der Waals surface area contributed by atoms with E-state index in [1.54, 1.807) is 16.2 Å². The number of rotatable bonds is 4. The molecule has 1 saturated heterocycles. The van der Waals surface area contributed by atoms with Gasteiger partial charge in [-0.05, 0) is 56.1 Å². The van der Waals surface area contributed by atoms with Crippen molar-refractivity contribution in [1.82, 2.24) is 0 Å². The average Bonchev–Trinajstić information content (AvgIpc) is 3.03. The molecule has 2 aromatic rings. The Bertz CT molecular complexity index is 655. The largest absolute Gasteiger partial charge is 0.447 e. The van der Waals surface area contributed by atoms with Crippen LogP contribution in [0.1, 0.15) is 4.88 Å². The Balaban J connectivity index is 1.70. The first-order valence-electron chi connectivity index (χ1n) is 6.35. The van der Waals surface area contributed by atoms with E-state index in [4.69, 9.17) is 4.74 Å². The molecule has 4 nitrogen and oxygen atoms in total. The van der Waals surface area contributed by atoms with Gasteiger partial charge in [0.15, 0.2) is 0 Å². The highest BCUT2D eigenvalue weighted by Gasteiger charge is 2.23. The van der Waals surface area contributed by atoms with Crippen molar-refractivity contribution in [3.63, 3.8) is 0 Å². The van der Waals surface area contributed by atoms with Crippen LogP contribution in [0.2, 0.25) is 0 Å². The van der Waals surface area contributed by atoms with Crippen molar-refractivity contribution >= 4 is 60.7 Å². The molecular weight excluding hydrogens is 420 g/mol. The molecule has 1 aromatic carbocycles. The average molecular weight is 432 g/mol. The van der Waals surface area contributed by atoms with E-state index < -0.39 is 0 Å². The number of ether oxygens (including phenoxy) is 1.